The van der Waals surface area contributed by atoms with Gasteiger partial charge in [-0.3, -0.25) is 15.0 Å². The molecule has 0 aliphatic carbocycles. The third-order valence-corrected chi connectivity index (χ3v) is 5.66. The Bertz CT molecular complexity index is 670. The average Bonchev–Trinajstić information content (AvgIpc) is 2.48. The van der Waals surface area contributed by atoms with Gasteiger partial charge < -0.3 is 0 Å². The van der Waals surface area contributed by atoms with Gasteiger partial charge in [-0.05, 0) is 45.0 Å². The fraction of sp³-hybridized carbons (Fsp3) is 0.600. The van der Waals surface area contributed by atoms with E-state index >= 15 is 0 Å². The van der Waals surface area contributed by atoms with Gasteiger partial charge in [0.15, 0.2) is 0 Å². The van der Waals surface area contributed by atoms with E-state index in [0.717, 1.165) is 19.2 Å². The van der Waals surface area contributed by atoms with Gasteiger partial charge in [0.25, 0.3) is 5.69 Å². The van der Waals surface area contributed by atoms with Gasteiger partial charge in [0.1, 0.15) is 0 Å². The standard InChI is InChI=1S/C15H25N3O4S/c1-6-17(7-2)12(4)10-16-23(21,22)15-9-14(18(19)20)8-11(3)13(15)5/h8-9,12,16H,6-7,10H2,1-5H3. The summed E-state index contributed by atoms with van der Waals surface area (Å²) in [5.41, 5.74) is 0.889. The van der Waals surface area contributed by atoms with Gasteiger partial charge in [-0.25, -0.2) is 13.1 Å². The van der Waals surface area contributed by atoms with Gasteiger partial charge in [0, 0.05) is 24.7 Å². The highest BCUT2D eigenvalue weighted by atomic mass is 32.2. The second kappa shape index (κ2) is 7.85. The zero-order chi connectivity index (χ0) is 17.8. The fourth-order valence-electron chi connectivity index (χ4n) is 2.48. The summed E-state index contributed by atoms with van der Waals surface area (Å²) in [6, 6.07) is 2.54. The lowest BCUT2D eigenvalue weighted by atomic mass is 10.1. The van der Waals surface area contributed by atoms with Crippen molar-refractivity contribution in [2.45, 2.75) is 45.6 Å². The van der Waals surface area contributed by atoms with Crippen molar-refractivity contribution in [1.82, 2.24) is 9.62 Å². The van der Waals surface area contributed by atoms with Crippen molar-refractivity contribution in [2.24, 2.45) is 0 Å². The molecule has 0 saturated carbocycles. The van der Waals surface area contributed by atoms with Crippen LogP contribution >= 0.6 is 0 Å². The number of likely N-dealkylation sites (N-methyl/N-ethyl adjacent to an activating group) is 1. The van der Waals surface area contributed by atoms with E-state index in [-0.39, 0.29) is 23.2 Å². The minimum atomic E-state index is -3.80. The Balaban J connectivity index is 3.07. The molecule has 0 amide bonds. The molecule has 1 N–H and O–H groups in total. The molecule has 7 nitrogen and oxygen atoms in total. The van der Waals surface area contributed by atoms with Crippen LogP contribution in [0, 0.1) is 24.0 Å². The molecule has 0 aromatic heterocycles. The lowest BCUT2D eigenvalue weighted by Crippen LogP contribution is -2.42. The number of sulfonamides is 1. The van der Waals surface area contributed by atoms with E-state index < -0.39 is 14.9 Å². The molecule has 0 heterocycles. The number of nitrogens with one attached hydrogen (secondary N) is 1. The van der Waals surface area contributed by atoms with Crippen molar-refractivity contribution in [3.8, 4) is 0 Å². The van der Waals surface area contributed by atoms with Crippen LogP contribution in [0.2, 0.25) is 0 Å². The summed E-state index contributed by atoms with van der Waals surface area (Å²) >= 11 is 0. The van der Waals surface area contributed by atoms with E-state index in [0.29, 0.717) is 11.1 Å². The first-order chi connectivity index (χ1) is 10.6. The van der Waals surface area contributed by atoms with Gasteiger partial charge in [0.2, 0.25) is 10.0 Å². The molecule has 1 unspecified atom stereocenters. The van der Waals surface area contributed by atoms with Crippen LogP contribution in [0.15, 0.2) is 17.0 Å². The van der Waals surface area contributed by atoms with Crippen molar-refractivity contribution < 1.29 is 13.3 Å². The minimum Gasteiger partial charge on any atom is -0.300 e. The van der Waals surface area contributed by atoms with Crippen molar-refractivity contribution in [1.29, 1.82) is 0 Å². The van der Waals surface area contributed by atoms with Crippen molar-refractivity contribution in [3.63, 3.8) is 0 Å². The first kappa shape index (κ1) is 19.5. The summed E-state index contributed by atoms with van der Waals surface area (Å²) in [6.07, 6.45) is 0. The molecule has 0 radical (unpaired) electrons. The Morgan fingerprint density at radius 2 is 1.83 bits per heavy atom. The minimum absolute atomic E-state index is 0.0315. The van der Waals surface area contributed by atoms with E-state index in [1.807, 2.05) is 20.8 Å². The number of nitro benzene ring substituents is 1. The summed E-state index contributed by atoms with van der Waals surface area (Å²) in [5.74, 6) is 0. The Morgan fingerprint density at radius 3 is 2.30 bits per heavy atom. The molecule has 0 spiro atoms. The number of nitrogens with zero attached hydrogens (tertiary/aromatic N) is 2. The summed E-state index contributed by atoms with van der Waals surface area (Å²) in [5, 5.41) is 11.0. The summed E-state index contributed by atoms with van der Waals surface area (Å²) < 4.78 is 27.6. The topological polar surface area (TPSA) is 92.6 Å². The molecular weight excluding hydrogens is 318 g/mol. The van der Waals surface area contributed by atoms with Crippen molar-refractivity contribution in [2.75, 3.05) is 19.6 Å². The third kappa shape index (κ3) is 4.73. The van der Waals surface area contributed by atoms with Gasteiger partial charge >= 0.3 is 0 Å². The molecule has 1 aromatic carbocycles. The molecule has 1 atom stereocenters. The van der Waals surface area contributed by atoms with Crippen LogP contribution in [0.5, 0.6) is 0 Å². The quantitative estimate of drug-likeness (QED) is 0.577. The largest absolute Gasteiger partial charge is 0.300 e. The molecule has 23 heavy (non-hydrogen) atoms. The van der Waals surface area contributed by atoms with E-state index in [1.54, 1.807) is 13.8 Å². The summed E-state index contributed by atoms with van der Waals surface area (Å²) in [6.45, 7) is 11.2. The van der Waals surface area contributed by atoms with E-state index in [1.165, 1.54) is 6.07 Å². The number of hydrogen-bond donors (Lipinski definition) is 1. The highest BCUT2D eigenvalue weighted by molar-refractivity contribution is 7.89. The molecule has 130 valence electrons. The zero-order valence-electron chi connectivity index (χ0n) is 14.3. The molecule has 0 fully saturated rings. The number of aryl methyl sites for hydroxylation is 1. The maximum atomic E-state index is 12.5. The van der Waals surface area contributed by atoms with Gasteiger partial charge in [0.05, 0.1) is 9.82 Å². The highest BCUT2D eigenvalue weighted by Crippen LogP contribution is 2.25. The Labute approximate surface area is 137 Å². The molecule has 0 aliphatic heterocycles. The smallest absolute Gasteiger partial charge is 0.271 e. The zero-order valence-corrected chi connectivity index (χ0v) is 15.1. The van der Waals surface area contributed by atoms with Gasteiger partial charge in [-0.2, -0.15) is 0 Å². The Morgan fingerprint density at radius 1 is 1.26 bits per heavy atom. The normalized spacial score (nSPS) is 13.3. The Hall–Kier alpha value is -1.51. The summed E-state index contributed by atoms with van der Waals surface area (Å²) in [7, 11) is -3.80. The molecule has 0 aliphatic rings. The van der Waals surface area contributed by atoms with Gasteiger partial charge in [-0.1, -0.05) is 13.8 Å². The monoisotopic (exact) mass is 343 g/mol. The van der Waals surface area contributed by atoms with Crippen LogP contribution in [0.4, 0.5) is 5.69 Å². The van der Waals surface area contributed by atoms with Crippen LogP contribution < -0.4 is 4.72 Å². The molecular formula is C15H25N3O4S. The molecule has 0 saturated heterocycles. The number of hydrogen-bond acceptors (Lipinski definition) is 5. The molecule has 1 aromatic rings. The molecule has 0 bridgehead atoms. The van der Waals surface area contributed by atoms with E-state index in [2.05, 4.69) is 9.62 Å². The predicted molar refractivity (Wildman–Crippen MR) is 90.1 cm³/mol. The van der Waals surface area contributed by atoms with Crippen molar-refractivity contribution in [3.05, 3.63) is 33.4 Å². The number of non-ortho nitro benzene ring substituents is 1. The van der Waals surface area contributed by atoms with Crippen molar-refractivity contribution >= 4 is 15.7 Å². The maximum absolute atomic E-state index is 12.5. The lowest BCUT2D eigenvalue weighted by Gasteiger charge is -2.26. The molecule has 8 heteroatoms. The number of nitro groups is 1. The van der Waals surface area contributed by atoms with Crippen LogP contribution in [0.25, 0.3) is 0 Å². The van der Waals surface area contributed by atoms with Gasteiger partial charge in [-0.15, -0.1) is 0 Å². The summed E-state index contributed by atoms with van der Waals surface area (Å²) in [4.78, 5) is 12.5. The van der Waals surface area contributed by atoms with E-state index in [4.69, 9.17) is 0 Å². The first-order valence-corrected chi connectivity index (χ1v) is 9.11. The Kier molecular flexibility index (Phi) is 6.67. The lowest BCUT2D eigenvalue weighted by molar-refractivity contribution is -0.385. The van der Waals surface area contributed by atoms with Crippen LogP contribution in [0.1, 0.15) is 31.9 Å². The predicted octanol–water partition coefficient (Wildman–Crippen LogP) is 2.22. The fourth-order valence-corrected chi connectivity index (χ4v) is 3.93. The van der Waals surface area contributed by atoms with Crippen LogP contribution in [-0.2, 0) is 10.0 Å². The maximum Gasteiger partial charge on any atom is 0.271 e. The molecule has 1 rings (SSSR count). The second-order valence-corrected chi connectivity index (χ2v) is 7.30. The van der Waals surface area contributed by atoms with E-state index in [9.17, 15) is 18.5 Å². The third-order valence-electron chi connectivity index (χ3n) is 4.11. The van der Waals surface area contributed by atoms with Crippen LogP contribution in [-0.4, -0.2) is 43.9 Å². The highest BCUT2D eigenvalue weighted by Gasteiger charge is 2.23. The SMILES string of the molecule is CCN(CC)C(C)CNS(=O)(=O)c1cc([N+](=O)[O-])cc(C)c1C. The van der Waals surface area contributed by atoms with Crippen LogP contribution in [0.3, 0.4) is 0 Å². The number of benzene rings is 1. The first-order valence-electron chi connectivity index (χ1n) is 7.63. The number of rotatable bonds is 8. The average molecular weight is 343 g/mol. The second-order valence-electron chi connectivity index (χ2n) is 5.57.